The number of allylic oxidation sites excluding steroid dienone is 8. The van der Waals surface area contributed by atoms with Crippen molar-refractivity contribution in [3.05, 3.63) is 76.9 Å². The van der Waals surface area contributed by atoms with Crippen LogP contribution in [-0.2, 0) is 0 Å². The van der Waals surface area contributed by atoms with Gasteiger partial charge in [-0.05, 0) is 54.7 Å². The Kier molecular flexibility index (Phi) is 4.94. The summed E-state index contributed by atoms with van der Waals surface area (Å²) in [5.41, 5.74) is 5.40. The van der Waals surface area contributed by atoms with Gasteiger partial charge in [0.2, 0.25) is 0 Å². The number of carbonyl (C=O) groups excluding carboxylic acids is 1. The zero-order valence-corrected chi connectivity index (χ0v) is 12.8. The summed E-state index contributed by atoms with van der Waals surface area (Å²) < 4.78 is 0. The summed E-state index contributed by atoms with van der Waals surface area (Å²) in [6.45, 7) is 4.22. The van der Waals surface area contributed by atoms with E-state index in [1.54, 1.807) is 7.05 Å². The van der Waals surface area contributed by atoms with Crippen molar-refractivity contribution < 1.29 is 6.22 Å². The van der Waals surface area contributed by atoms with Crippen LogP contribution in [-0.4, -0.2) is 13.0 Å². The Balaban J connectivity index is 0.00000242. The second-order valence-corrected chi connectivity index (χ2v) is 5.10. The Hall–Kier alpha value is -2.35. The summed E-state index contributed by atoms with van der Waals surface area (Å²) >= 11 is 0. The molecule has 0 bridgehead atoms. The van der Waals surface area contributed by atoms with Crippen molar-refractivity contribution in [2.75, 3.05) is 7.05 Å². The molecule has 0 atom stereocenters. The molecule has 0 radical (unpaired) electrons. The van der Waals surface area contributed by atoms with Crippen LogP contribution in [0.2, 0.25) is 0 Å². The minimum absolute atomic E-state index is 0. The molecule has 2 heteroatoms. The number of hydrogen-bond acceptors (Lipinski definition) is 1. The van der Waals surface area contributed by atoms with E-state index in [2.05, 4.69) is 49.5 Å². The highest BCUT2D eigenvalue weighted by Crippen LogP contribution is 2.25. The zero-order chi connectivity index (χ0) is 15.2. The molecule has 0 unspecified atom stereocenters. The third-order valence-electron chi connectivity index (χ3n) is 3.76. The van der Waals surface area contributed by atoms with Crippen LogP contribution in [0.25, 0.3) is 5.57 Å². The van der Waals surface area contributed by atoms with Gasteiger partial charge in [-0.3, -0.25) is 4.79 Å². The van der Waals surface area contributed by atoms with E-state index < -0.39 is 0 Å². The van der Waals surface area contributed by atoms with Gasteiger partial charge in [-0.25, -0.2) is 0 Å². The molecule has 1 N–H and O–H groups in total. The summed E-state index contributed by atoms with van der Waals surface area (Å²) in [5.74, 6) is -0.0567. The fourth-order valence-electron chi connectivity index (χ4n) is 2.30. The summed E-state index contributed by atoms with van der Waals surface area (Å²) in [4.78, 5) is 11.7. The van der Waals surface area contributed by atoms with Crippen molar-refractivity contribution in [1.29, 1.82) is 0 Å². The molecular weight excluding hydrogens is 258 g/mol. The first-order valence-corrected chi connectivity index (χ1v) is 7.17. The quantitative estimate of drug-likeness (QED) is 0.866. The number of benzene rings is 1. The fraction of sp³-hybridized carbons (Fsp3) is 0.211. The van der Waals surface area contributed by atoms with Crippen LogP contribution in [0.15, 0.2) is 65.8 Å². The molecule has 0 heterocycles. The normalized spacial score (nSPS) is 15.1. The number of carbonyl (C=O) groups is 1. The van der Waals surface area contributed by atoms with Crippen molar-refractivity contribution in [2.45, 2.75) is 20.3 Å². The van der Waals surface area contributed by atoms with E-state index >= 15 is 0 Å². The van der Waals surface area contributed by atoms with Gasteiger partial charge in [0.1, 0.15) is 0 Å². The molecule has 0 saturated carbocycles. The molecule has 2 nitrogen and oxygen atoms in total. The average Bonchev–Trinajstić information content (AvgIpc) is 2.82. The monoisotopic (exact) mass is 281 g/mol. The molecule has 0 fully saturated rings. The van der Waals surface area contributed by atoms with Gasteiger partial charge in [0.15, 0.2) is 0 Å². The smallest absolute Gasteiger partial charge is 0.251 e. The Morgan fingerprint density at radius 2 is 1.90 bits per heavy atom. The molecule has 0 spiro atoms. The van der Waals surface area contributed by atoms with Gasteiger partial charge in [0, 0.05) is 14.0 Å². The number of hydrogen-bond donors (Lipinski definition) is 1. The summed E-state index contributed by atoms with van der Waals surface area (Å²) in [6.07, 6.45) is 11.6. The van der Waals surface area contributed by atoms with Crippen molar-refractivity contribution in [2.24, 2.45) is 0 Å². The lowest BCUT2D eigenvalue weighted by atomic mass is 9.95. The summed E-state index contributed by atoms with van der Waals surface area (Å²) in [5, 5.41) is 2.66. The van der Waals surface area contributed by atoms with Gasteiger partial charge in [-0.2, -0.15) is 0 Å². The van der Waals surface area contributed by atoms with Gasteiger partial charge >= 0.3 is 0 Å². The molecule has 2 rings (SSSR count). The highest BCUT2D eigenvalue weighted by molar-refractivity contribution is 5.95. The maximum absolute atomic E-state index is 11.7. The van der Waals surface area contributed by atoms with Crippen LogP contribution in [0.3, 0.4) is 0 Å². The van der Waals surface area contributed by atoms with E-state index in [0.29, 0.717) is 5.56 Å². The molecule has 1 aromatic carbocycles. The van der Waals surface area contributed by atoms with Crippen LogP contribution in [0.1, 0.15) is 37.6 Å². The Morgan fingerprint density at radius 1 is 1.14 bits per heavy atom. The van der Waals surface area contributed by atoms with Crippen LogP contribution in [0, 0.1) is 0 Å². The standard InChI is InChI=1S/C19H21NO.H2/c1-14(16-9-6-4-5-7-10-16)15(2)17-11-8-12-18(13-17)19(21)20-3;/h4,6-13H,5H2,1-3H3,(H,20,21);1H/b15-14-;. The third kappa shape index (κ3) is 3.60. The summed E-state index contributed by atoms with van der Waals surface area (Å²) in [7, 11) is 1.65. The number of nitrogens with one attached hydrogen (secondary N) is 1. The minimum atomic E-state index is -0.0567. The Morgan fingerprint density at radius 3 is 2.67 bits per heavy atom. The number of rotatable bonds is 3. The van der Waals surface area contributed by atoms with E-state index in [1.165, 1.54) is 16.7 Å². The predicted molar refractivity (Wildman–Crippen MR) is 91.2 cm³/mol. The highest BCUT2D eigenvalue weighted by Gasteiger charge is 2.08. The molecule has 1 aliphatic rings. The van der Waals surface area contributed by atoms with Crippen molar-refractivity contribution in [1.82, 2.24) is 5.32 Å². The minimum Gasteiger partial charge on any atom is -0.355 e. The van der Waals surface area contributed by atoms with E-state index in [0.717, 1.165) is 12.0 Å². The molecule has 110 valence electrons. The molecular formula is C19H23NO. The van der Waals surface area contributed by atoms with E-state index in [-0.39, 0.29) is 7.33 Å². The first-order valence-electron chi connectivity index (χ1n) is 7.17. The largest absolute Gasteiger partial charge is 0.355 e. The van der Waals surface area contributed by atoms with Crippen molar-refractivity contribution >= 4 is 11.5 Å². The molecule has 0 aliphatic heterocycles. The Bertz CT molecular complexity index is 666. The van der Waals surface area contributed by atoms with Gasteiger partial charge in [0.05, 0.1) is 0 Å². The van der Waals surface area contributed by atoms with Crippen molar-refractivity contribution in [3.63, 3.8) is 0 Å². The highest BCUT2D eigenvalue weighted by atomic mass is 16.1. The first kappa shape index (κ1) is 15.0. The van der Waals surface area contributed by atoms with Crippen LogP contribution >= 0.6 is 0 Å². The maximum Gasteiger partial charge on any atom is 0.251 e. The lowest BCUT2D eigenvalue weighted by Gasteiger charge is -2.10. The average molecular weight is 281 g/mol. The fourth-order valence-corrected chi connectivity index (χ4v) is 2.30. The predicted octanol–water partition coefficient (Wildman–Crippen LogP) is 4.53. The second-order valence-electron chi connectivity index (χ2n) is 5.10. The van der Waals surface area contributed by atoms with E-state index in [4.69, 9.17) is 0 Å². The van der Waals surface area contributed by atoms with E-state index in [9.17, 15) is 4.79 Å². The molecule has 1 aromatic rings. The third-order valence-corrected chi connectivity index (χ3v) is 3.76. The lowest BCUT2D eigenvalue weighted by Crippen LogP contribution is -2.17. The molecule has 1 aliphatic carbocycles. The Labute approximate surface area is 128 Å². The second kappa shape index (κ2) is 6.89. The summed E-state index contributed by atoms with van der Waals surface area (Å²) in [6, 6.07) is 7.74. The molecule has 21 heavy (non-hydrogen) atoms. The van der Waals surface area contributed by atoms with Crippen molar-refractivity contribution in [3.8, 4) is 0 Å². The van der Waals surface area contributed by atoms with Crippen LogP contribution < -0.4 is 5.32 Å². The van der Waals surface area contributed by atoms with Gasteiger partial charge < -0.3 is 5.32 Å². The zero-order valence-electron chi connectivity index (χ0n) is 12.8. The SMILES string of the molecule is CNC(=O)c1cccc(/C(C)=C(/C)C2=CC=CCC=C2)c1.[HH]. The van der Waals surface area contributed by atoms with Gasteiger partial charge in [-0.1, -0.05) is 42.5 Å². The lowest BCUT2D eigenvalue weighted by molar-refractivity contribution is 0.0963. The molecule has 0 saturated heterocycles. The number of amides is 1. The molecule has 0 aromatic heterocycles. The molecule has 1 amide bonds. The maximum atomic E-state index is 11.7. The van der Waals surface area contributed by atoms with Crippen LogP contribution in [0.5, 0.6) is 0 Å². The van der Waals surface area contributed by atoms with E-state index in [1.807, 2.05) is 24.3 Å². The topological polar surface area (TPSA) is 29.1 Å². The van der Waals surface area contributed by atoms with Gasteiger partial charge in [-0.15, -0.1) is 0 Å². The first-order chi connectivity index (χ1) is 10.1. The van der Waals surface area contributed by atoms with Gasteiger partial charge in [0.25, 0.3) is 5.91 Å². The van der Waals surface area contributed by atoms with Crippen LogP contribution in [0.4, 0.5) is 0 Å².